The zero-order valence-electron chi connectivity index (χ0n) is 10.1. The number of ketones is 1. The number of hydrogen-bond donors (Lipinski definition) is 0. The molecule has 0 radical (unpaired) electrons. The van der Waals surface area contributed by atoms with Crippen molar-refractivity contribution < 1.29 is 4.79 Å². The number of carbonyl (C=O) groups is 1. The van der Waals surface area contributed by atoms with Gasteiger partial charge < -0.3 is 0 Å². The van der Waals surface area contributed by atoms with Crippen LogP contribution in [-0.4, -0.2) is 15.6 Å². The largest absolute Gasteiger partial charge is 0.294 e. The quantitative estimate of drug-likeness (QED) is 0.697. The molecule has 1 aromatic rings. The Kier molecular flexibility index (Phi) is 4.06. The van der Waals surface area contributed by atoms with Gasteiger partial charge in [-0.15, -0.1) is 0 Å². The maximum Gasteiger partial charge on any atom is 0.166 e. The Hall–Kier alpha value is -1.12. The predicted octanol–water partition coefficient (Wildman–Crippen LogP) is 2.74. The summed E-state index contributed by atoms with van der Waals surface area (Å²) in [5, 5.41) is 4.18. The molecule has 0 bridgehead atoms. The van der Waals surface area contributed by atoms with Gasteiger partial charge in [-0.3, -0.25) is 9.48 Å². The SMILES string of the molecule is CCCC(C)CC(=O)c1cn(C)nc1C. The van der Waals surface area contributed by atoms with Crippen molar-refractivity contribution in [3.63, 3.8) is 0 Å². The Balaban J connectivity index is 2.65. The molecule has 1 heterocycles. The van der Waals surface area contributed by atoms with Crippen molar-refractivity contribution in [2.24, 2.45) is 13.0 Å². The third-order valence-electron chi connectivity index (χ3n) is 2.63. The van der Waals surface area contributed by atoms with Crippen molar-refractivity contribution in [3.8, 4) is 0 Å². The van der Waals surface area contributed by atoms with E-state index >= 15 is 0 Å². The Morgan fingerprint density at radius 2 is 2.27 bits per heavy atom. The molecule has 0 fully saturated rings. The van der Waals surface area contributed by atoms with Gasteiger partial charge in [0.05, 0.1) is 11.3 Å². The minimum Gasteiger partial charge on any atom is -0.294 e. The molecule has 3 nitrogen and oxygen atoms in total. The van der Waals surface area contributed by atoms with E-state index in [2.05, 4.69) is 18.9 Å². The van der Waals surface area contributed by atoms with Gasteiger partial charge in [0, 0.05) is 19.7 Å². The highest BCUT2D eigenvalue weighted by atomic mass is 16.1. The topological polar surface area (TPSA) is 34.9 Å². The molecule has 0 saturated carbocycles. The third kappa shape index (κ3) is 3.18. The average Bonchev–Trinajstić information content (AvgIpc) is 2.45. The van der Waals surface area contributed by atoms with Crippen LogP contribution in [0.2, 0.25) is 0 Å². The Morgan fingerprint density at radius 3 is 2.73 bits per heavy atom. The Labute approximate surface area is 91.5 Å². The lowest BCUT2D eigenvalue weighted by Crippen LogP contribution is -2.06. The second kappa shape index (κ2) is 5.10. The minimum atomic E-state index is 0.224. The first-order valence-electron chi connectivity index (χ1n) is 5.58. The van der Waals surface area contributed by atoms with Gasteiger partial charge in [-0.25, -0.2) is 0 Å². The van der Waals surface area contributed by atoms with Crippen LogP contribution in [-0.2, 0) is 7.05 Å². The van der Waals surface area contributed by atoms with Gasteiger partial charge in [-0.1, -0.05) is 26.7 Å². The van der Waals surface area contributed by atoms with Crippen LogP contribution in [0.1, 0.15) is 49.2 Å². The van der Waals surface area contributed by atoms with Crippen molar-refractivity contribution in [2.75, 3.05) is 0 Å². The number of hydrogen-bond acceptors (Lipinski definition) is 2. The zero-order valence-corrected chi connectivity index (χ0v) is 10.1. The van der Waals surface area contributed by atoms with Gasteiger partial charge in [-0.2, -0.15) is 5.10 Å². The standard InChI is InChI=1S/C12H20N2O/c1-5-6-9(2)7-12(15)11-8-14(4)13-10(11)3/h8-9H,5-7H2,1-4H3. The van der Waals surface area contributed by atoms with Crippen molar-refractivity contribution in [3.05, 3.63) is 17.5 Å². The minimum absolute atomic E-state index is 0.224. The molecule has 0 aliphatic rings. The van der Waals surface area contributed by atoms with Crippen molar-refractivity contribution >= 4 is 5.78 Å². The lowest BCUT2D eigenvalue weighted by molar-refractivity contribution is 0.0962. The zero-order chi connectivity index (χ0) is 11.4. The highest BCUT2D eigenvalue weighted by Crippen LogP contribution is 2.15. The first-order chi connectivity index (χ1) is 7.04. The molecule has 0 N–H and O–H groups in total. The smallest absolute Gasteiger partial charge is 0.166 e. The highest BCUT2D eigenvalue weighted by molar-refractivity contribution is 5.96. The van der Waals surface area contributed by atoms with Gasteiger partial charge in [0.15, 0.2) is 5.78 Å². The van der Waals surface area contributed by atoms with Crippen LogP contribution in [0, 0.1) is 12.8 Å². The maximum absolute atomic E-state index is 11.9. The second-order valence-electron chi connectivity index (χ2n) is 4.32. The van der Waals surface area contributed by atoms with E-state index in [9.17, 15) is 4.79 Å². The summed E-state index contributed by atoms with van der Waals surface area (Å²) in [6, 6.07) is 0. The maximum atomic E-state index is 11.9. The van der Waals surface area contributed by atoms with E-state index in [1.54, 1.807) is 4.68 Å². The summed E-state index contributed by atoms with van der Waals surface area (Å²) in [6.45, 7) is 6.17. The van der Waals surface area contributed by atoms with Crippen molar-refractivity contribution in [1.29, 1.82) is 0 Å². The van der Waals surface area contributed by atoms with Gasteiger partial charge in [0.2, 0.25) is 0 Å². The van der Waals surface area contributed by atoms with Gasteiger partial charge in [0.1, 0.15) is 0 Å². The fraction of sp³-hybridized carbons (Fsp3) is 0.667. The van der Waals surface area contributed by atoms with E-state index in [4.69, 9.17) is 0 Å². The summed E-state index contributed by atoms with van der Waals surface area (Å²) in [7, 11) is 1.85. The number of carbonyl (C=O) groups excluding carboxylic acids is 1. The number of rotatable bonds is 5. The van der Waals surface area contributed by atoms with Gasteiger partial charge >= 0.3 is 0 Å². The first kappa shape index (κ1) is 12.0. The van der Waals surface area contributed by atoms with Crippen LogP contribution in [0.3, 0.4) is 0 Å². The second-order valence-corrected chi connectivity index (χ2v) is 4.32. The van der Waals surface area contributed by atoms with Crippen molar-refractivity contribution in [2.45, 2.75) is 40.0 Å². The van der Waals surface area contributed by atoms with Crippen LogP contribution < -0.4 is 0 Å². The van der Waals surface area contributed by atoms with E-state index in [-0.39, 0.29) is 5.78 Å². The van der Waals surface area contributed by atoms with Crippen LogP contribution in [0.15, 0.2) is 6.20 Å². The summed E-state index contributed by atoms with van der Waals surface area (Å²) >= 11 is 0. The summed E-state index contributed by atoms with van der Waals surface area (Å²) < 4.78 is 1.70. The summed E-state index contributed by atoms with van der Waals surface area (Å²) in [5.74, 6) is 0.698. The average molecular weight is 208 g/mol. The molecule has 84 valence electrons. The van der Waals surface area contributed by atoms with Gasteiger partial charge in [-0.05, 0) is 12.8 Å². The van der Waals surface area contributed by atoms with Crippen LogP contribution in [0.5, 0.6) is 0 Å². The number of aromatic nitrogens is 2. The fourth-order valence-corrected chi connectivity index (χ4v) is 1.89. The summed E-state index contributed by atoms with van der Waals surface area (Å²) in [4.78, 5) is 11.9. The molecule has 0 spiro atoms. The molecule has 0 saturated heterocycles. The molecule has 1 rings (SSSR count). The van der Waals surface area contributed by atoms with Crippen LogP contribution in [0.25, 0.3) is 0 Å². The normalized spacial score (nSPS) is 12.8. The molecule has 15 heavy (non-hydrogen) atoms. The fourth-order valence-electron chi connectivity index (χ4n) is 1.89. The summed E-state index contributed by atoms with van der Waals surface area (Å²) in [6.07, 6.45) is 4.71. The molecule has 0 amide bonds. The summed E-state index contributed by atoms with van der Waals surface area (Å²) in [5.41, 5.74) is 1.62. The Bertz CT molecular complexity index is 341. The van der Waals surface area contributed by atoms with E-state index < -0.39 is 0 Å². The number of nitrogens with zero attached hydrogens (tertiary/aromatic N) is 2. The van der Waals surface area contributed by atoms with Crippen LogP contribution >= 0.6 is 0 Å². The molecule has 0 aliphatic heterocycles. The molecule has 0 aliphatic carbocycles. The van der Waals surface area contributed by atoms with Gasteiger partial charge in [0.25, 0.3) is 0 Å². The molecule has 1 atom stereocenters. The molecular formula is C12H20N2O. The van der Waals surface area contributed by atoms with Crippen molar-refractivity contribution in [1.82, 2.24) is 9.78 Å². The number of Topliss-reactive ketones (excluding diaryl/α,β-unsaturated/α-hetero) is 1. The van der Waals surface area contributed by atoms with E-state index in [1.165, 1.54) is 0 Å². The third-order valence-corrected chi connectivity index (χ3v) is 2.63. The molecular weight excluding hydrogens is 188 g/mol. The highest BCUT2D eigenvalue weighted by Gasteiger charge is 2.15. The molecule has 0 aromatic carbocycles. The predicted molar refractivity (Wildman–Crippen MR) is 61.0 cm³/mol. The molecule has 3 heteroatoms. The Morgan fingerprint density at radius 1 is 1.60 bits per heavy atom. The lowest BCUT2D eigenvalue weighted by Gasteiger charge is -2.07. The van der Waals surface area contributed by atoms with E-state index in [0.717, 1.165) is 24.1 Å². The molecule has 1 unspecified atom stereocenters. The molecule has 1 aromatic heterocycles. The van der Waals surface area contributed by atoms with E-state index in [0.29, 0.717) is 12.3 Å². The monoisotopic (exact) mass is 208 g/mol. The lowest BCUT2D eigenvalue weighted by atomic mass is 9.96. The first-order valence-corrected chi connectivity index (χ1v) is 5.58. The van der Waals surface area contributed by atoms with Crippen LogP contribution in [0.4, 0.5) is 0 Å². The number of aryl methyl sites for hydroxylation is 2. The van der Waals surface area contributed by atoms with E-state index in [1.807, 2.05) is 20.2 Å².